The number of likely N-dealkylation sites (N-methyl/N-ethyl adjacent to an activating group) is 1. The van der Waals surface area contributed by atoms with Crippen molar-refractivity contribution in [3.8, 4) is 0 Å². The lowest BCUT2D eigenvalue weighted by atomic mass is 10.1. The molecule has 128 valence electrons. The first-order valence-electron chi connectivity index (χ1n) is 7.88. The van der Waals surface area contributed by atoms with Crippen LogP contribution in [0.4, 0.5) is 0 Å². The summed E-state index contributed by atoms with van der Waals surface area (Å²) >= 11 is 12.2. The van der Waals surface area contributed by atoms with Gasteiger partial charge in [-0.05, 0) is 37.1 Å². The summed E-state index contributed by atoms with van der Waals surface area (Å²) in [6.07, 6.45) is 0. The van der Waals surface area contributed by atoms with Gasteiger partial charge in [0.05, 0.1) is 6.04 Å². The van der Waals surface area contributed by atoms with Crippen LogP contribution in [-0.4, -0.2) is 23.9 Å². The molecule has 0 heterocycles. The molecule has 0 fully saturated rings. The second-order valence-electron chi connectivity index (χ2n) is 5.96. The van der Waals surface area contributed by atoms with Crippen molar-refractivity contribution in [3.05, 3.63) is 69.7 Å². The smallest absolute Gasteiger partial charge is 0.239 e. The third-order valence-electron chi connectivity index (χ3n) is 3.94. The van der Waals surface area contributed by atoms with Crippen LogP contribution < -0.4 is 5.32 Å². The van der Waals surface area contributed by atoms with E-state index in [1.165, 1.54) is 0 Å². The van der Waals surface area contributed by atoms with E-state index >= 15 is 0 Å². The van der Waals surface area contributed by atoms with Gasteiger partial charge in [-0.1, -0.05) is 59.6 Å². The molecule has 3 nitrogen and oxygen atoms in total. The van der Waals surface area contributed by atoms with Crippen LogP contribution in [0.2, 0.25) is 10.0 Å². The Hall–Kier alpha value is -1.55. The van der Waals surface area contributed by atoms with Crippen LogP contribution in [0.1, 0.15) is 31.0 Å². The highest BCUT2D eigenvalue weighted by molar-refractivity contribution is 6.35. The molecular formula is C19H22Cl2N2O. The zero-order valence-corrected chi connectivity index (χ0v) is 15.6. The second kappa shape index (κ2) is 8.52. The molecule has 0 radical (unpaired) electrons. The lowest BCUT2D eigenvalue weighted by Gasteiger charge is -2.25. The molecule has 0 saturated carbocycles. The van der Waals surface area contributed by atoms with Gasteiger partial charge in [-0.3, -0.25) is 10.1 Å². The number of nitrogens with one attached hydrogen (secondary N) is 1. The summed E-state index contributed by atoms with van der Waals surface area (Å²) in [6.45, 7) is 4.43. The monoisotopic (exact) mass is 364 g/mol. The minimum absolute atomic E-state index is 0.0378. The van der Waals surface area contributed by atoms with Crippen molar-refractivity contribution in [2.24, 2.45) is 0 Å². The molecule has 0 saturated heterocycles. The summed E-state index contributed by atoms with van der Waals surface area (Å²) in [5.41, 5.74) is 2.03. The van der Waals surface area contributed by atoms with Gasteiger partial charge >= 0.3 is 0 Å². The van der Waals surface area contributed by atoms with Crippen LogP contribution in [-0.2, 0) is 11.3 Å². The average molecular weight is 365 g/mol. The van der Waals surface area contributed by atoms with Crippen molar-refractivity contribution in [1.82, 2.24) is 10.2 Å². The maximum atomic E-state index is 12.6. The average Bonchev–Trinajstić information content (AvgIpc) is 2.54. The van der Waals surface area contributed by atoms with Crippen LogP contribution in [0.15, 0.2) is 48.5 Å². The quantitative estimate of drug-likeness (QED) is 0.805. The summed E-state index contributed by atoms with van der Waals surface area (Å²) in [7, 11) is 1.81. The summed E-state index contributed by atoms with van der Waals surface area (Å²) in [5.74, 6) is 0.0378. The molecule has 2 aromatic rings. The van der Waals surface area contributed by atoms with Gasteiger partial charge in [0.2, 0.25) is 5.91 Å². The van der Waals surface area contributed by atoms with Gasteiger partial charge < -0.3 is 4.90 Å². The summed E-state index contributed by atoms with van der Waals surface area (Å²) in [5, 5.41) is 4.50. The van der Waals surface area contributed by atoms with E-state index < -0.39 is 0 Å². The highest BCUT2D eigenvalue weighted by Gasteiger charge is 2.21. The molecule has 2 aromatic carbocycles. The number of carbonyl (C=O) groups is 1. The van der Waals surface area contributed by atoms with Gasteiger partial charge in [-0.15, -0.1) is 0 Å². The maximum absolute atomic E-state index is 12.6. The molecule has 2 atom stereocenters. The predicted molar refractivity (Wildman–Crippen MR) is 100 cm³/mol. The van der Waals surface area contributed by atoms with E-state index in [0.717, 1.165) is 11.1 Å². The fourth-order valence-electron chi connectivity index (χ4n) is 2.65. The van der Waals surface area contributed by atoms with Crippen LogP contribution in [0.5, 0.6) is 0 Å². The third kappa shape index (κ3) is 4.97. The molecule has 0 spiro atoms. The first-order chi connectivity index (χ1) is 11.4. The number of benzene rings is 2. The van der Waals surface area contributed by atoms with E-state index in [4.69, 9.17) is 23.2 Å². The fourth-order valence-corrected chi connectivity index (χ4v) is 3.23. The zero-order chi connectivity index (χ0) is 17.7. The topological polar surface area (TPSA) is 32.3 Å². The van der Waals surface area contributed by atoms with E-state index in [-0.39, 0.29) is 18.0 Å². The van der Waals surface area contributed by atoms with Crippen molar-refractivity contribution < 1.29 is 4.79 Å². The normalized spacial score (nSPS) is 13.4. The lowest BCUT2D eigenvalue weighted by molar-refractivity contribution is -0.132. The van der Waals surface area contributed by atoms with Gasteiger partial charge in [-0.25, -0.2) is 0 Å². The Morgan fingerprint density at radius 1 is 1.12 bits per heavy atom. The number of hydrogen-bond acceptors (Lipinski definition) is 2. The van der Waals surface area contributed by atoms with Crippen molar-refractivity contribution >= 4 is 29.1 Å². The van der Waals surface area contributed by atoms with Crippen LogP contribution in [0, 0.1) is 0 Å². The number of hydrogen-bond donors (Lipinski definition) is 1. The molecule has 2 rings (SSSR count). The molecule has 0 aliphatic carbocycles. The first kappa shape index (κ1) is 18.8. The molecular weight excluding hydrogens is 343 g/mol. The minimum Gasteiger partial charge on any atom is -0.340 e. The van der Waals surface area contributed by atoms with Crippen LogP contribution in [0.3, 0.4) is 0 Å². The Morgan fingerprint density at radius 3 is 2.42 bits per heavy atom. The van der Waals surface area contributed by atoms with Gasteiger partial charge in [0.15, 0.2) is 0 Å². The van der Waals surface area contributed by atoms with E-state index in [9.17, 15) is 4.79 Å². The Kier molecular flexibility index (Phi) is 6.67. The van der Waals surface area contributed by atoms with E-state index in [0.29, 0.717) is 16.6 Å². The zero-order valence-electron chi connectivity index (χ0n) is 14.1. The fraction of sp³-hybridized carbons (Fsp3) is 0.316. The summed E-state index contributed by atoms with van der Waals surface area (Å²) < 4.78 is 0. The predicted octanol–water partition coefficient (Wildman–Crippen LogP) is 4.69. The first-order valence-corrected chi connectivity index (χ1v) is 8.64. The highest BCUT2D eigenvalue weighted by Crippen LogP contribution is 2.26. The van der Waals surface area contributed by atoms with Crippen LogP contribution >= 0.6 is 23.2 Å². The minimum atomic E-state index is -0.319. The van der Waals surface area contributed by atoms with Crippen molar-refractivity contribution in [2.75, 3.05) is 7.05 Å². The number of halogens is 2. The Labute approximate surface area is 153 Å². The molecule has 0 bridgehead atoms. The molecule has 1 amide bonds. The lowest BCUT2D eigenvalue weighted by Crippen LogP contribution is -2.43. The number of rotatable bonds is 6. The molecule has 0 aromatic heterocycles. The largest absolute Gasteiger partial charge is 0.340 e. The van der Waals surface area contributed by atoms with E-state index in [1.807, 2.05) is 57.3 Å². The van der Waals surface area contributed by atoms with Gasteiger partial charge in [0, 0.05) is 29.7 Å². The van der Waals surface area contributed by atoms with Gasteiger partial charge in [0.1, 0.15) is 0 Å². The molecule has 24 heavy (non-hydrogen) atoms. The van der Waals surface area contributed by atoms with Crippen molar-refractivity contribution in [2.45, 2.75) is 32.5 Å². The third-order valence-corrected chi connectivity index (χ3v) is 4.50. The molecule has 5 heteroatoms. The van der Waals surface area contributed by atoms with Crippen molar-refractivity contribution in [3.63, 3.8) is 0 Å². The Morgan fingerprint density at radius 2 is 1.79 bits per heavy atom. The van der Waals surface area contributed by atoms with Crippen LogP contribution in [0.25, 0.3) is 0 Å². The van der Waals surface area contributed by atoms with E-state index in [1.54, 1.807) is 17.0 Å². The van der Waals surface area contributed by atoms with Gasteiger partial charge in [-0.2, -0.15) is 0 Å². The van der Waals surface area contributed by atoms with Crippen molar-refractivity contribution in [1.29, 1.82) is 0 Å². The summed E-state index contributed by atoms with van der Waals surface area (Å²) in [6, 6.07) is 15.0. The number of carbonyl (C=O) groups excluding carboxylic acids is 1. The van der Waals surface area contributed by atoms with E-state index in [2.05, 4.69) is 5.32 Å². The Balaban J connectivity index is 1.97. The van der Waals surface area contributed by atoms with Gasteiger partial charge in [0.25, 0.3) is 0 Å². The highest BCUT2D eigenvalue weighted by atomic mass is 35.5. The maximum Gasteiger partial charge on any atom is 0.239 e. The molecule has 0 aliphatic heterocycles. The Bertz CT molecular complexity index is 691. The molecule has 0 aliphatic rings. The molecule has 1 N–H and O–H groups in total. The number of amides is 1. The molecule has 2 unspecified atom stereocenters. The SMILES string of the molecule is CC(NC(C)c1ccc(Cl)cc1Cl)C(=O)N(C)Cc1ccccc1. The number of nitrogens with zero attached hydrogens (tertiary/aromatic N) is 1. The second-order valence-corrected chi connectivity index (χ2v) is 6.80. The summed E-state index contributed by atoms with van der Waals surface area (Å²) in [4.78, 5) is 14.3. The standard InChI is InChI=1S/C19H22Cl2N2O/c1-13(17-10-9-16(20)11-18(17)21)22-14(2)19(24)23(3)12-15-7-5-4-6-8-15/h4-11,13-14,22H,12H2,1-3H3.